The first-order valence-electron chi connectivity index (χ1n) is 10.2. The molecule has 1 atom stereocenters. The minimum absolute atomic E-state index is 0.198. The molecule has 1 saturated carbocycles. The van der Waals surface area contributed by atoms with Gasteiger partial charge in [-0.05, 0) is 57.6 Å². The molecule has 0 bridgehead atoms. The van der Waals surface area contributed by atoms with Crippen LogP contribution in [0.3, 0.4) is 0 Å². The van der Waals surface area contributed by atoms with Gasteiger partial charge in [0, 0.05) is 25.3 Å². The number of rotatable bonds is 8. The van der Waals surface area contributed by atoms with Crippen molar-refractivity contribution in [2.24, 2.45) is 4.99 Å². The zero-order valence-electron chi connectivity index (χ0n) is 16.6. The zero-order valence-corrected chi connectivity index (χ0v) is 16.6. The van der Waals surface area contributed by atoms with Crippen LogP contribution in [0.4, 0.5) is 0 Å². The standard InChI is InChI=1S/C21H33N3O3/c1-3-22-20(24-15-21(25)9-5-10-21)23-13-17-8-7-16(2)12-19(17)27-14-18-6-4-11-26-18/h7-8,12,18,25H,3-6,9-11,13-15H2,1-2H3,(H2,22,23,24). The molecule has 6 heteroatoms. The molecule has 1 unspecified atom stereocenters. The van der Waals surface area contributed by atoms with Crippen LogP contribution in [0.25, 0.3) is 0 Å². The van der Waals surface area contributed by atoms with Gasteiger partial charge in [0.05, 0.1) is 18.2 Å². The van der Waals surface area contributed by atoms with Crippen molar-refractivity contribution in [2.45, 2.75) is 64.2 Å². The van der Waals surface area contributed by atoms with Crippen molar-refractivity contribution in [3.05, 3.63) is 29.3 Å². The summed E-state index contributed by atoms with van der Waals surface area (Å²) in [6.45, 7) is 7.37. The van der Waals surface area contributed by atoms with Gasteiger partial charge in [0.1, 0.15) is 12.4 Å². The van der Waals surface area contributed by atoms with Gasteiger partial charge in [0.2, 0.25) is 0 Å². The fraction of sp³-hybridized carbons (Fsp3) is 0.667. The number of ether oxygens (including phenoxy) is 2. The van der Waals surface area contributed by atoms with Crippen molar-refractivity contribution >= 4 is 5.96 Å². The van der Waals surface area contributed by atoms with E-state index < -0.39 is 5.60 Å². The molecule has 1 aromatic rings. The highest BCUT2D eigenvalue weighted by atomic mass is 16.5. The van der Waals surface area contributed by atoms with E-state index in [0.717, 1.165) is 62.5 Å². The van der Waals surface area contributed by atoms with Crippen LogP contribution in [-0.2, 0) is 11.3 Å². The summed E-state index contributed by atoms with van der Waals surface area (Å²) in [5, 5.41) is 16.8. The monoisotopic (exact) mass is 375 g/mol. The minimum Gasteiger partial charge on any atom is -0.491 e. The highest BCUT2D eigenvalue weighted by Crippen LogP contribution is 2.30. The Morgan fingerprint density at radius 2 is 2.19 bits per heavy atom. The summed E-state index contributed by atoms with van der Waals surface area (Å²) >= 11 is 0. The molecule has 0 amide bonds. The van der Waals surface area contributed by atoms with Crippen LogP contribution in [0.1, 0.15) is 50.2 Å². The number of hydrogen-bond acceptors (Lipinski definition) is 4. The Labute approximate surface area is 162 Å². The van der Waals surface area contributed by atoms with Gasteiger partial charge < -0.3 is 25.2 Å². The number of nitrogens with one attached hydrogen (secondary N) is 2. The third-order valence-electron chi connectivity index (χ3n) is 5.29. The third-order valence-corrected chi connectivity index (χ3v) is 5.29. The van der Waals surface area contributed by atoms with E-state index in [1.807, 2.05) is 6.92 Å². The predicted molar refractivity (Wildman–Crippen MR) is 107 cm³/mol. The van der Waals surface area contributed by atoms with Crippen molar-refractivity contribution in [1.29, 1.82) is 0 Å². The SMILES string of the molecule is CCNC(=NCc1ccc(C)cc1OCC1CCCO1)NCC1(O)CCC1. The maximum absolute atomic E-state index is 10.3. The molecule has 150 valence electrons. The number of aliphatic hydroxyl groups is 1. The highest BCUT2D eigenvalue weighted by molar-refractivity contribution is 5.79. The number of aryl methyl sites for hydroxylation is 1. The molecule has 1 heterocycles. The van der Waals surface area contributed by atoms with Gasteiger partial charge in [0.15, 0.2) is 5.96 Å². The van der Waals surface area contributed by atoms with Crippen LogP contribution < -0.4 is 15.4 Å². The Balaban J connectivity index is 1.61. The number of benzene rings is 1. The summed E-state index contributed by atoms with van der Waals surface area (Å²) < 4.78 is 11.7. The molecule has 1 aliphatic carbocycles. The van der Waals surface area contributed by atoms with Crippen LogP contribution in [0, 0.1) is 6.92 Å². The first-order chi connectivity index (χ1) is 13.1. The number of hydrogen-bond donors (Lipinski definition) is 3. The Morgan fingerprint density at radius 1 is 1.33 bits per heavy atom. The Morgan fingerprint density at radius 3 is 2.85 bits per heavy atom. The number of nitrogens with zero attached hydrogens (tertiary/aromatic N) is 1. The molecule has 3 rings (SSSR count). The van der Waals surface area contributed by atoms with E-state index in [1.54, 1.807) is 0 Å². The van der Waals surface area contributed by atoms with Crippen LogP contribution in [0.15, 0.2) is 23.2 Å². The zero-order chi connectivity index (χ0) is 19.1. The summed E-state index contributed by atoms with van der Waals surface area (Å²) in [6.07, 6.45) is 5.20. The molecule has 2 aliphatic rings. The average molecular weight is 376 g/mol. The van der Waals surface area contributed by atoms with E-state index in [9.17, 15) is 5.11 Å². The van der Waals surface area contributed by atoms with E-state index >= 15 is 0 Å². The Kier molecular flexibility index (Phi) is 6.96. The van der Waals surface area contributed by atoms with Gasteiger partial charge in [-0.3, -0.25) is 0 Å². The van der Waals surface area contributed by atoms with E-state index in [1.165, 1.54) is 5.56 Å². The first kappa shape index (κ1) is 20.0. The molecule has 1 aromatic carbocycles. The van der Waals surface area contributed by atoms with Crippen LogP contribution >= 0.6 is 0 Å². The van der Waals surface area contributed by atoms with E-state index in [0.29, 0.717) is 19.7 Å². The van der Waals surface area contributed by atoms with Gasteiger partial charge in [-0.2, -0.15) is 0 Å². The van der Waals surface area contributed by atoms with Crippen molar-refractivity contribution < 1.29 is 14.6 Å². The highest BCUT2D eigenvalue weighted by Gasteiger charge is 2.34. The van der Waals surface area contributed by atoms with Crippen LogP contribution in [-0.4, -0.2) is 49.1 Å². The summed E-state index contributed by atoms with van der Waals surface area (Å²) in [5.74, 6) is 1.60. The summed E-state index contributed by atoms with van der Waals surface area (Å²) in [6, 6.07) is 6.23. The number of guanidine groups is 1. The second kappa shape index (κ2) is 9.42. The van der Waals surface area contributed by atoms with E-state index in [4.69, 9.17) is 9.47 Å². The molecule has 0 aromatic heterocycles. The van der Waals surface area contributed by atoms with Gasteiger partial charge in [0.25, 0.3) is 0 Å². The van der Waals surface area contributed by atoms with Gasteiger partial charge >= 0.3 is 0 Å². The Bertz CT molecular complexity index is 638. The van der Waals surface area contributed by atoms with Gasteiger partial charge in [-0.1, -0.05) is 12.1 Å². The summed E-state index contributed by atoms with van der Waals surface area (Å²) in [4.78, 5) is 4.69. The van der Waals surface area contributed by atoms with Gasteiger partial charge in [-0.25, -0.2) is 4.99 Å². The predicted octanol–water partition coefficient (Wildman–Crippen LogP) is 2.52. The normalized spacial score (nSPS) is 21.6. The maximum atomic E-state index is 10.3. The topological polar surface area (TPSA) is 75.1 Å². The lowest BCUT2D eigenvalue weighted by atomic mass is 9.80. The molecule has 0 radical (unpaired) electrons. The second-order valence-electron chi connectivity index (χ2n) is 7.68. The lowest BCUT2D eigenvalue weighted by molar-refractivity contribution is -0.0279. The smallest absolute Gasteiger partial charge is 0.191 e. The average Bonchev–Trinajstić information content (AvgIpc) is 3.15. The summed E-state index contributed by atoms with van der Waals surface area (Å²) in [5.41, 5.74) is 1.65. The third kappa shape index (κ3) is 5.84. The van der Waals surface area contributed by atoms with Crippen molar-refractivity contribution in [1.82, 2.24) is 10.6 Å². The van der Waals surface area contributed by atoms with Crippen molar-refractivity contribution in [3.63, 3.8) is 0 Å². The quantitative estimate of drug-likeness (QED) is 0.481. The van der Waals surface area contributed by atoms with Crippen molar-refractivity contribution in [2.75, 3.05) is 26.3 Å². The Hall–Kier alpha value is -1.79. The molecule has 27 heavy (non-hydrogen) atoms. The molecule has 0 spiro atoms. The molecule has 2 fully saturated rings. The van der Waals surface area contributed by atoms with Crippen LogP contribution in [0.5, 0.6) is 5.75 Å². The van der Waals surface area contributed by atoms with Crippen LogP contribution in [0.2, 0.25) is 0 Å². The lowest BCUT2D eigenvalue weighted by Crippen LogP contribution is -2.50. The summed E-state index contributed by atoms with van der Waals surface area (Å²) in [7, 11) is 0. The van der Waals surface area contributed by atoms with Crippen molar-refractivity contribution in [3.8, 4) is 5.75 Å². The second-order valence-corrected chi connectivity index (χ2v) is 7.68. The molecule has 6 nitrogen and oxygen atoms in total. The molecule has 1 saturated heterocycles. The fourth-order valence-corrected chi connectivity index (χ4v) is 3.40. The first-order valence-corrected chi connectivity index (χ1v) is 10.2. The van der Waals surface area contributed by atoms with E-state index in [-0.39, 0.29) is 6.10 Å². The largest absolute Gasteiger partial charge is 0.491 e. The molecule has 3 N–H and O–H groups in total. The molecular weight excluding hydrogens is 342 g/mol. The maximum Gasteiger partial charge on any atom is 0.191 e. The molecular formula is C21H33N3O3. The van der Waals surface area contributed by atoms with Gasteiger partial charge in [-0.15, -0.1) is 0 Å². The van der Waals surface area contributed by atoms with E-state index in [2.05, 4.69) is 40.7 Å². The lowest BCUT2D eigenvalue weighted by Gasteiger charge is -2.37. The fourth-order valence-electron chi connectivity index (χ4n) is 3.40. The number of aliphatic imine (C=N–C) groups is 1. The molecule has 1 aliphatic heterocycles. The minimum atomic E-state index is -0.574.